The van der Waals surface area contributed by atoms with E-state index in [9.17, 15) is 14.7 Å². The third-order valence-electron chi connectivity index (χ3n) is 3.59. The minimum Gasteiger partial charge on any atom is -0.481 e. The Kier molecular flexibility index (Phi) is 4.55. The molecule has 0 atom stereocenters. The fourth-order valence-corrected chi connectivity index (χ4v) is 2.45. The molecule has 0 aliphatic heterocycles. The lowest BCUT2D eigenvalue weighted by molar-refractivity contribution is -0.137. The molecule has 0 unspecified atom stereocenters. The van der Waals surface area contributed by atoms with Crippen LogP contribution in [0.5, 0.6) is 0 Å². The Balaban J connectivity index is 1.94. The monoisotopic (exact) mass is 341 g/mol. The zero-order valence-electron chi connectivity index (χ0n) is 13.1. The summed E-state index contributed by atoms with van der Waals surface area (Å²) >= 11 is 0. The van der Waals surface area contributed by atoms with Gasteiger partial charge in [-0.2, -0.15) is 5.10 Å². The van der Waals surface area contributed by atoms with Gasteiger partial charge in [0.25, 0.3) is 0 Å². The Morgan fingerprint density at radius 3 is 2.72 bits per heavy atom. The van der Waals surface area contributed by atoms with E-state index in [1.54, 1.807) is 24.4 Å². The second-order valence-corrected chi connectivity index (χ2v) is 5.26. The smallest absolute Gasteiger partial charge is 0.337 e. The summed E-state index contributed by atoms with van der Waals surface area (Å²) in [5.41, 5.74) is 0.979. The van der Waals surface area contributed by atoms with Crippen LogP contribution in [0.1, 0.15) is 23.2 Å². The van der Waals surface area contributed by atoms with Crippen molar-refractivity contribution >= 4 is 28.8 Å². The largest absolute Gasteiger partial charge is 0.481 e. The second-order valence-electron chi connectivity index (χ2n) is 5.26. The number of aromatic nitrogens is 4. The summed E-state index contributed by atoms with van der Waals surface area (Å²) in [5, 5.41) is 25.9. The summed E-state index contributed by atoms with van der Waals surface area (Å²) in [4.78, 5) is 30.3. The predicted octanol–water partition coefficient (Wildman–Crippen LogP) is 1.79. The van der Waals surface area contributed by atoms with Gasteiger partial charge in [-0.1, -0.05) is 12.1 Å². The van der Waals surface area contributed by atoms with Crippen LogP contribution >= 0.6 is 0 Å². The highest BCUT2D eigenvalue weighted by Crippen LogP contribution is 2.23. The SMILES string of the molecule is O=C(O)CCCNc1ncnc2c1cnn2-c1ccccc1C(=O)O. The van der Waals surface area contributed by atoms with Crippen molar-refractivity contribution in [3.63, 3.8) is 0 Å². The maximum atomic E-state index is 11.4. The van der Waals surface area contributed by atoms with E-state index in [2.05, 4.69) is 20.4 Å². The Morgan fingerprint density at radius 2 is 1.96 bits per heavy atom. The van der Waals surface area contributed by atoms with Crippen molar-refractivity contribution in [1.82, 2.24) is 19.7 Å². The molecular formula is C16H15N5O4. The minimum absolute atomic E-state index is 0.0620. The van der Waals surface area contributed by atoms with Crippen molar-refractivity contribution in [1.29, 1.82) is 0 Å². The van der Waals surface area contributed by atoms with Crippen LogP contribution in [0.3, 0.4) is 0 Å². The van der Waals surface area contributed by atoms with Crippen LogP contribution < -0.4 is 5.32 Å². The number of hydrogen-bond acceptors (Lipinski definition) is 6. The van der Waals surface area contributed by atoms with Gasteiger partial charge in [0.05, 0.1) is 22.8 Å². The predicted molar refractivity (Wildman–Crippen MR) is 89.0 cm³/mol. The third-order valence-corrected chi connectivity index (χ3v) is 3.59. The van der Waals surface area contributed by atoms with E-state index in [0.29, 0.717) is 35.5 Å². The zero-order valence-corrected chi connectivity index (χ0v) is 13.1. The molecule has 25 heavy (non-hydrogen) atoms. The van der Waals surface area contributed by atoms with Crippen LogP contribution in [0.4, 0.5) is 5.82 Å². The number of aromatic carboxylic acids is 1. The lowest BCUT2D eigenvalue weighted by Gasteiger charge is -2.08. The van der Waals surface area contributed by atoms with Crippen LogP contribution in [0.25, 0.3) is 16.7 Å². The number of benzene rings is 1. The van der Waals surface area contributed by atoms with Crippen LogP contribution in [0.15, 0.2) is 36.8 Å². The fraction of sp³-hybridized carbons (Fsp3) is 0.188. The number of rotatable bonds is 7. The van der Waals surface area contributed by atoms with Crippen molar-refractivity contribution in [3.8, 4) is 5.69 Å². The molecule has 0 bridgehead atoms. The van der Waals surface area contributed by atoms with E-state index < -0.39 is 11.9 Å². The summed E-state index contributed by atoms with van der Waals surface area (Å²) < 4.78 is 1.45. The molecule has 0 spiro atoms. The van der Waals surface area contributed by atoms with Gasteiger partial charge < -0.3 is 15.5 Å². The number of anilines is 1. The standard InChI is InChI=1S/C16H15N5O4/c22-13(23)6-3-7-17-14-11-8-20-21(15(11)19-9-18-14)12-5-2-1-4-10(12)16(24)25/h1-2,4-5,8-9H,3,6-7H2,(H,22,23)(H,24,25)(H,17,18,19). The highest BCUT2D eigenvalue weighted by molar-refractivity contribution is 5.93. The van der Waals surface area contributed by atoms with Gasteiger partial charge in [-0.25, -0.2) is 19.4 Å². The highest BCUT2D eigenvalue weighted by Gasteiger charge is 2.16. The maximum absolute atomic E-state index is 11.4. The molecule has 9 heteroatoms. The van der Waals surface area contributed by atoms with Gasteiger partial charge in [0.2, 0.25) is 0 Å². The lowest BCUT2D eigenvalue weighted by Crippen LogP contribution is -2.08. The summed E-state index contributed by atoms with van der Waals surface area (Å²) in [6.07, 6.45) is 3.42. The maximum Gasteiger partial charge on any atom is 0.337 e. The fourth-order valence-electron chi connectivity index (χ4n) is 2.45. The number of nitrogens with one attached hydrogen (secondary N) is 1. The molecule has 2 heterocycles. The number of aliphatic carboxylic acids is 1. The van der Waals surface area contributed by atoms with Crippen molar-refractivity contribution in [2.24, 2.45) is 0 Å². The van der Waals surface area contributed by atoms with Gasteiger partial charge >= 0.3 is 11.9 Å². The van der Waals surface area contributed by atoms with Gasteiger partial charge in [0, 0.05) is 13.0 Å². The molecule has 0 fully saturated rings. The number of carbonyl (C=O) groups is 2. The van der Waals surface area contributed by atoms with Crippen LogP contribution in [-0.4, -0.2) is 48.4 Å². The molecule has 0 aliphatic carbocycles. The molecule has 1 aromatic carbocycles. The molecule has 3 rings (SSSR count). The molecule has 9 nitrogen and oxygen atoms in total. The molecule has 3 aromatic rings. The second kappa shape index (κ2) is 6.95. The summed E-state index contributed by atoms with van der Waals surface area (Å²) in [6, 6.07) is 6.51. The van der Waals surface area contributed by atoms with Gasteiger partial charge in [-0.15, -0.1) is 0 Å². The van der Waals surface area contributed by atoms with Crippen LogP contribution in [0, 0.1) is 0 Å². The van der Waals surface area contributed by atoms with E-state index in [1.165, 1.54) is 17.1 Å². The first-order valence-corrected chi connectivity index (χ1v) is 7.55. The molecule has 0 saturated carbocycles. The molecule has 0 amide bonds. The van der Waals surface area contributed by atoms with Crippen molar-refractivity contribution < 1.29 is 19.8 Å². The minimum atomic E-state index is -1.06. The highest BCUT2D eigenvalue weighted by atomic mass is 16.4. The quantitative estimate of drug-likeness (QED) is 0.554. The molecule has 2 aromatic heterocycles. The number of hydrogen-bond donors (Lipinski definition) is 3. The first kappa shape index (κ1) is 16.4. The zero-order chi connectivity index (χ0) is 17.8. The first-order chi connectivity index (χ1) is 12.1. The Hall–Kier alpha value is -3.49. The number of fused-ring (bicyclic) bond motifs is 1. The van der Waals surface area contributed by atoms with Crippen LogP contribution in [-0.2, 0) is 4.79 Å². The number of carboxylic acids is 2. The normalized spacial score (nSPS) is 10.7. The molecule has 0 aliphatic rings. The third kappa shape index (κ3) is 3.39. The topological polar surface area (TPSA) is 130 Å². The van der Waals surface area contributed by atoms with Gasteiger partial charge in [-0.3, -0.25) is 4.79 Å². The number of carboxylic acid groups (broad SMARTS) is 2. The molecule has 0 radical (unpaired) electrons. The van der Waals surface area contributed by atoms with Gasteiger partial charge in [0.1, 0.15) is 12.1 Å². The Labute approximate surface area is 142 Å². The lowest BCUT2D eigenvalue weighted by atomic mass is 10.2. The van der Waals surface area contributed by atoms with Crippen molar-refractivity contribution in [3.05, 3.63) is 42.4 Å². The van der Waals surface area contributed by atoms with Gasteiger partial charge in [0.15, 0.2) is 5.65 Å². The average Bonchev–Trinajstić information content (AvgIpc) is 3.03. The molecule has 0 saturated heterocycles. The van der Waals surface area contributed by atoms with E-state index in [0.717, 1.165) is 0 Å². The summed E-state index contributed by atoms with van der Waals surface area (Å²) in [6.45, 7) is 0.440. The number of para-hydroxylation sites is 1. The van der Waals surface area contributed by atoms with E-state index in [4.69, 9.17) is 5.11 Å². The molecule has 3 N–H and O–H groups in total. The van der Waals surface area contributed by atoms with E-state index >= 15 is 0 Å². The summed E-state index contributed by atoms with van der Waals surface area (Å²) in [7, 11) is 0. The van der Waals surface area contributed by atoms with E-state index in [-0.39, 0.29) is 12.0 Å². The average molecular weight is 341 g/mol. The van der Waals surface area contributed by atoms with Gasteiger partial charge in [-0.05, 0) is 18.6 Å². The molecule has 128 valence electrons. The summed E-state index contributed by atoms with van der Waals surface area (Å²) in [5.74, 6) is -1.39. The van der Waals surface area contributed by atoms with E-state index in [1.807, 2.05) is 0 Å². The Bertz CT molecular complexity index is 937. The van der Waals surface area contributed by atoms with Crippen LogP contribution in [0.2, 0.25) is 0 Å². The number of nitrogens with zero attached hydrogens (tertiary/aromatic N) is 4. The first-order valence-electron chi connectivity index (χ1n) is 7.55. The Morgan fingerprint density at radius 1 is 1.16 bits per heavy atom. The van der Waals surface area contributed by atoms with Crippen molar-refractivity contribution in [2.75, 3.05) is 11.9 Å². The van der Waals surface area contributed by atoms with Crippen molar-refractivity contribution in [2.45, 2.75) is 12.8 Å². The molecular weight excluding hydrogens is 326 g/mol.